The molecule has 1 N–H and O–H groups in total. The molecule has 1 aliphatic heterocycles. The number of carbonyl (C=O) groups is 1. The summed E-state index contributed by atoms with van der Waals surface area (Å²) in [7, 11) is -2.56. The number of hydrogen-bond acceptors (Lipinski definition) is 6. The molecule has 0 amide bonds. The molecule has 122 valence electrons. The van der Waals surface area contributed by atoms with E-state index in [-0.39, 0.29) is 34.9 Å². The summed E-state index contributed by atoms with van der Waals surface area (Å²) in [4.78, 5) is 11.3. The standard InChI is InChI=1S/C13H16ClNO6S/c1-19-13(16)9-2-3-12(11(14)6-9)22(17,18)15-7-10-4-5-20-8-21-10/h2-3,6,10,15H,4-5,7-8H2,1H3. The van der Waals surface area contributed by atoms with Crippen molar-refractivity contribution in [3.05, 3.63) is 28.8 Å². The average Bonchev–Trinajstić information content (AvgIpc) is 2.53. The lowest BCUT2D eigenvalue weighted by molar-refractivity contribution is -0.136. The van der Waals surface area contributed by atoms with Crippen molar-refractivity contribution in [3.63, 3.8) is 0 Å². The van der Waals surface area contributed by atoms with E-state index in [0.717, 1.165) is 0 Å². The van der Waals surface area contributed by atoms with Crippen molar-refractivity contribution in [1.82, 2.24) is 4.72 Å². The highest BCUT2D eigenvalue weighted by molar-refractivity contribution is 7.89. The molecule has 1 aromatic rings. The molecular weight excluding hydrogens is 334 g/mol. The number of carbonyl (C=O) groups excluding carboxylic acids is 1. The first-order valence-electron chi connectivity index (χ1n) is 6.51. The maximum Gasteiger partial charge on any atom is 0.337 e. The van der Waals surface area contributed by atoms with Gasteiger partial charge < -0.3 is 14.2 Å². The normalized spacial score (nSPS) is 18.9. The summed E-state index contributed by atoms with van der Waals surface area (Å²) in [5.74, 6) is -0.589. The minimum Gasteiger partial charge on any atom is -0.465 e. The number of halogens is 1. The Morgan fingerprint density at radius 3 is 2.86 bits per heavy atom. The second-order valence-electron chi connectivity index (χ2n) is 4.59. The summed E-state index contributed by atoms with van der Waals surface area (Å²) < 4.78 is 41.8. The number of nitrogens with one attached hydrogen (secondary N) is 1. The van der Waals surface area contributed by atoms with Gasteiger partial charge in [-0.3, -0.25) is 0 Å². The Morgan fingerprint density at radius 2 is 2.27 bits per heavy atom. The van der Waals surface area contributed by atoms with E-state index >= 15 is 0 Å². The van der Waals surface area contributed by atoms with Crippen LogP contribution in [0, 0.1) is 0 Å². The van der Waals surface area contributed by atoms with Gasteiger partial charge in [0.05, 0.1) is 30.4 Å². The van der Waals surface area contributed by atoms with Crippen LogP contribution in [0.5, 0.6) is 0 Å². The third-order valence-electron chi connectivity index (χ3n) is 3.11. The SMILES string of the molecule is COC(=O)c1ccc(S(=O)(=O)NCC2CCOCO2)c(Cl)c1. The van der Waals surface area contributed by atoms with Gasteiger partial charge in [0, 0.05) is 6.54 Å². The summed E-state index contributed by atoms with van der Waals surface area (Å²) in [6.45, 7) is 0.808. The predicted octanol–water partition coefficient (Wildman–Crippen LogP) is 1.17. The van der Waals surface area contributed by atoms with Crippen LogP contribution >= 0.6 is 11.6 Å². The molecule has 1 aliphatic rings. The molecule has 1 atom stereocenters. The molecule has 0 saturated carbocycles. The zero-order chi connectivity index (χ0) is 16.2. The third kappa shape index (κ3) is 4.17. The van der Waals surface area contributed by atoms with Crippen molar-refractivity contribution in [2.75, 3.05) is 27.1 Å². The monoisotopic (exact) mass is 349 g/mol. The minimum absolute atomic E-state index is 0.0525. The van der Waals surface area contributed by atoms with E-state index in [1.54, 1.807) is 0 Å². The fraction of sp³-hybridized carbons (Fsp3) is 0.462. The lowest BCUT2D eigenvalue weighted by Crippen LogP contribution is -2.37. The molecule has 0 radical (unpaired) electrons. The van der Waals surface area contributed by atoms with Gasteiger partial charge in [-0.1, -0.05) is 11.6 Å². The van der Waals surface area contributed by atoms with Gasteiger partial charge in [0.25, 0.3) is 0 Å². The highest BCUT2D eigenvalue weighted by Crippen LogP contribution is 2.23. The molecule has 1 unspecified atom stereocenters. The van der Waals surface area contributed by atoms with E-state index in [0.29, 0.717) is 13.0 Å². The van der Waals surface area contributed by atoms with Crippen molar-refractivity contribution < 1.29 is 27.4 Å². The number of rotatable bonds is 5. The van der Waals surface area contributed by atoms with Gasteiger partial charge >= 0.3 is 5.97 Å². The van der Waals surface area contributed by atoms with E-state index in [1.165, 1.54) is 25.3 Å². The van der Waals surface area contributed by atoms with Crippen molar-refractivity contribution in [2.45, 2.75) is 17.4 Å². The van der Waals surface area contributed by atoms with Crippen LogP contribution in [0.25, 0.3) is 0 Å². The predicted molar refractivity (Wildman–Crippen MR) is 78.3 cm³/mol. The lowest BCUT2D eigenvalue weighted by Gasteiger charge is -2.23. The Bertz CT molecular complexity index is 642. The number of ether oxygens (including phenoxy) is 3. The Balaban J connectivity index is 2.09. The van der Waals surface area contributed by atoms with E-state index in [2.05, 4.69) is 9.46 Å². The largest absolute Gasteiger partial charge is 0.465 e. The highest BCUT2D eigenvalue weighted by Gasteiger charge is 2.22. The van der Waals surface area contributed by atoms with Crippen LogP contribution in [0.4, 0.5) is 0 Å². The first-order valence-corrected chi connectivity index (χ1v) is 8.37. The number of esters is 1. The topological polar surface area (TPSA) is 90.9 Å². The Kier molecular flexibility index (Phi) is 5.76. The molecule has 1 saturated heterocycles. The molecule has 1 fully saturated rings. The molecule has 2 rings (SSSR count). The van der Waals surface area contributed by atoms with Crippen LogP contribution in [0.15, 0.2) is 23.1 Å². The molecule has 0 aliphatic carbocycles. The van der Waals surface area contributed by atoms with Gasteiger partial charge in [0.15, 0.2) is 0 Å². The second-order valence-corrected chi connectivity index (χ2v) is 6.73. The van der Waals surface area contributed by atoms with Crippen molar-refractivity contribution in [2.24, 2.45) is 0 Å². The maximum atomic E-state index is 12.2. The summed E-state index contributed by atoms with van der Waals surface area (Å²) in [5.41, 5.74) is 0.180. The van der Waals surface area contributed by atoms with Gasteiger partial charge in [0.2, 0.25) is 10.0 Å². The summed E-state index contributed by atoms with van der Waals surface area (Å²) in [5, 5.41) is -0.0525. The number of benzene rings is 1. The molecule has 9 heteroatoms. The second kappa shape index (κ2) is 7.38. The van der Waals surface area contributed by atoms with Gasteiger partial charge in [0.1, 0.15) is 11.7 Å². The lowest BCUT2D eigenvalue weighted by atomic mass is 10.2. The molecular formula is C13H16ClNO6S. The Labute approximate surface area is 133 Å². The fourth-order valence-electron chi connectivity index (χ4n) is 1.91. The highest BCUT2D eigenvalue weighted by atomic mass is 35.5. The van der Waals surface area contributed by atoms with Gasteiger partial charge in [-0.05, 0) is 24.6 Å². The zero-order valence-electron chi connectivity index (χ0n) is 11.9. The first-order chi connectivity index (χ1) is 10.4. The summed E-state index contributed by atoms with van der Waals surface area (Å²) in [6.07, 6.45) is 0.369. The first kappa shape index (κ1) is 17.2. The minimum atomic E-state index is -3.79. The summed E-state index contributed by atoms with van der Waals surface area (Å²) in [6, 6.07) is 3.87. The van der Waals surface area contributed by atoms with Gasteiger partial charge in [-0.2, -0.15) is 0 Å². The molecule has 1 heterocycles. The number of hydrogen-bond donors (Lipinski definition) is 1. The van der Waals surface area contributed by atoms with Crippen LogP contribution in [-0.4, -0.2) is 47.5 Å². The van der Waals surface area contributed by atoms with E-state index in [4.69, 9.17) is 21.1 Å². The van der Waals surface area contributed by atoms with E-state index in [1.807, 2.05) is 0 Å². The van der Waals surface area contributed by atoms with Gasteiger partial charge in [-0.25, -0.2) is 17.9 Å². The van der Waals surface area contributed by atoms with Crippen LogP contribution < -0.4 is 4.72 Å². The Hall–Kier alpha value is -1.19. The molecule has 22 heavy (non-hydrogen) atoms. The van der Waals surface area contributed by atoms with Gasteiger partial charge in [-0.15, -0.1) is 0 Å². The maximum absolute atomic E-state index is 12.2. The van der Waals surface area contributed by atoms with Crippen LogP contribution in [0.1, 0.15) is 16.8 Å². The third-order valence-corrected chi connectivity index (χ3v) is 5.02. The number of methoxy groups -OCH3 is 1. The van der Waals surface area contributed by atoms with Crippen molar-refractivity contribution in [1.29, 1.82) is 0 Å². The number of sulfonamides is 1. The van der Waals surface area contributed by atoms with Crippen LogP contribution in [-0.2, 0) is 24.2 Å². The van der Waals surface area contributed by atoms with Crippen LogP contribution in [0.3, 0.4) is 0 Å². The molecule has 7 nitrogen and oxygen atoms in total. The van der Waals surface area contributed by atoms with E-state index in [9.17, 15) is 13.2 Å². The van der Waals surface area contributed by atoms with Crippen molar-refractivity contribution >= 4 is 27.6 Å². The Morgan fingerprint density at radius 1 is 1.50 bits per heavy atom. The smallest absolute Gasteiger partial charge is 0.337 e. The van der Waals surface area contributed by atoms with E-state index < -0.39 is 16.0 Å². The molecule has 0 bridgehead atoms. The molecule has 0 spiro atoms. The molecule has 0 aromatic heterocycles. The quantitative estimate of drug-likeness (QED) is 0.802. The zero-order valence-corrected chi connectivity index (χ0v) is 13.4. The fourth-order valence-corrected chi connectivity index (χ4v) is 3.52. The molecule has 1 aromatic carbocycles. The average molecular weight is 350 g/mol. The van der Waals surface area contributed by atoms with Crippen molar-refractivity contribution in [3.8, 4) is 0 Å². The summed E-state index contributed by atoms with van der Waals surface area (Å²) >= 11 is 5.96. The van der Waals surface area contributed by atoms with Crippen LogP contribution in [0.2, 0.25) is 5.02 Å².